The molecule has 0 aliphatic heterocycles. The van der Waals surface area contributed by atoms with E-state index in [9.17, 15) is 8.78 Å². The topological polar surface area (TPSA) is 38.6 Å². The van der Waals surface area contributed by atoms with Crippen LogP contribution in [0.2, 0.25) is 0 Å². The van der Waals surface area contributed by atoms with Gasteiger partial charge in [-0.25, -0.2) is 13.8 Å². The number of hydrogen-bond donors (Lipinski definition) is 2. The van der Waals surface area contributed by atoms with Crippen molar-refractivity contribution in [1.82, 2.24) is 9.38 Å². The second kappa shape index (κ2) is 7.75. The maximum absolute atomic E-state index is 14.9. The molecule has 0 saturated heterocycles. The minimum Gasteiger partial charge on any atom is -0.495 e. The zero-order valence-electron chi connectivity index (χ0n) is 16.4. The third-order valence-electron chi connectivity index (χ3n) is 4.41. The van der Waals surface area contributed by atoms with Crippen molar-refractivity contribution in [1.29, 1.82) is 0 Å². The molecule has 2 aromatic heterocycles. The number of aromatic nitrogens is 2. The number of halogens is 2. The molecule has 28 heavy (non-hydrogen) atoms. The van der Waals surface area contributed by atoms with Crippen LogP contribution in [0.4, 0.5) is 14.5 Å². The Balaban J connectivity index is 2.30. The van der Waals surface area contributed by atoms with Crippen LogP contribution in [-0.2, 0) is 0 Å². The zero-order valence-corrected chi connectivity index (χ0v) is 18.1. The van der Waals surface area contributed by atoms with Crippen molar-refractivity contribution in [2.24, 2.45) is 0 Å². The summed E-state index contributed by atoms with van der Waals surface area (Å²) in [4.78, 5) is 5.39. The molecule has 0 aliphatic carbocycles. The first-order valence-electron chi connectivity index (χ1n) is 8.69. The number of imidazole rings is 1. The molecule has 3 aromatic rings. The van der Waals surface area contributed by atoms with Gasteiger partial charge in [0.15, 0.2) is 5.82 Å². The fourth-order valence-corrected chi connectivity index (χ4v) is 5.58. The second-order valence-electron chi connectivity index (χ2n) is 7.16. The highest BCUT2D eigenvalue weighted by Crippen LogP contribution is 2.45. The normalized spacial score (nSPS) is 13.1. The molecule has 1 unspecified atom stereocenters. The first-order valence-corrected chi connectivity index (χ1v) is 10.4. The molecule has 0 fully saturated rings. The quantitative estimate of drug-likeness (QED) is 0.412. The predicted molar refractivity (Wildman–Crippen MR) is 117 cm³/mol. The van der Waals surface area contributed by atoms with E-state index in [0.29, 0.717) is 11.3 Å². The molecular weight excluding hydrogens is 400 g/mol. The highest BCUT2D eigenvalue weighted by molar-refractivity contribution is 8.16. The van der Waals surface area contributed by atoms with Gasteiger partial charge in [0.2, 0.25) is 0 Å². The highest BCUT2D eigenvalue weighted by Gasteiger charge is 2.23. The van der Waals surface area contributed by atoms with E-state index in [2.05, 4.69) is 48.7 Å². The summed E-state index contributed by atoms with van der Waals surface area (Å²) in [5, 5.41) is 2.15. The number of nitrogens with one attached hydrogen (secondary N) is 1. The highest BCUT2D eigenvalue weighted by atomic mass is 32.2. The van der Waals surface area contributed by atoms with Gasteiger partial charge >= 0.3 is 0 Å². The van der Waals surface area contributed by atoms with Crippen LogP contribution < -0.4 is 9.46 Å². The minimum atomic E-state index is -0.717. The number of rotatable bonds is 4. The molecule has 0 aliphatic rings. The van der Waals surface area contributed by atoms with E-state index in [-0.39, 0.29) is 26.5 Å². The van der Waals surface area contributed by atoms with Crippen LogP contribution in [0, 0.1) is 11.6 Å². The van der Waals surface area contributed by atoms with Crippen molar-refractivity contribution in [2.45, 2.75) is 37.3 Å². The average Bonchev–Trinajstić information content (AvgIpc) is 3.03. The Bertz CT molecular complexity index is 1070. The third-order valence-corrected chi connectivity index (χ3v) is 7.20. The van der Waals surface area contributed by atoms with Crippen molar-refractivity contribution in [3.8, 4) is 17.0 Å². The van der Waals surface area contributed by atoms with Gasteiger partial charge in [0, 0.05) is 22.6 Å². The number of benzene rings is 1. The van der Waals surface area contributed by atoms with Gasteiger partial charge in [-0.3, -0.25) is 4.40 Å². The van der Waals surface area contributed by atoms with Crippen molar-refractivity contribution < 1.29 is 13.5 Å². The van der Waals surface area contributed by atoms with Gasteiger partial charge in [-0.2, -0.15) is 0 Å². The summed E-state index contributed by atoms with van der Waals surface area (Å²) in [5.41, 5.74) is 1.08. The van der Waals surface area contributed by atoms with E-state index in [1.165, 1.54) is 12.1 Å². The Morgan fingerprint density at radius 3 is 2.57 bits per heavy atom. The lowest BCUT2D eigenvalue weighted by Crippen LogP contribution is -2.12. The monoisotopic (exact) mass is 423 g/mol. The predicted octanol–water partition coefficient (Wildman–Crippen LogP) is 5.79. The zero-order chi connectivity index (χ0) is 20.6. The van der Waals surface area contributed by atoms with Gasteiger partial charge < -0.3 is 9.46 Å². The molecule has 0 amide bonds. The van der Waals surface area contributed by atoms with E-state index in [1.807, 2.05) is 23.6 Å². The van der Waals surface area contributed by atoms with Gasteiger partial charge in [0.25, 0.3) is 0 Å². The van der Waals surface area contributed by atoms with Gasteiger partial charge in [0.1, 0.15) is 22.9 Å². The summed E-state index contributed by atoms with van der Waals surface area (Å²) < 4.78 is 38.4. The van der Waals surface area contributed by atoms with Crippen LogP contribution in [-0.4, -0.2) is 26.6 Å². The maximum atomic E-state index is 14.9. The SMILES string of the molecule is C/C=S(/c1cn2c(-c3ccc(F)c(NS)c3F)cnc2cc1OC)C(C)(C)C. The summed E-state index contributed by atoms with van der Waals surface area (Å²) in [6, 6.07) is 4.45. The number of methoxy groups -OCH3 is 1. The van der Waals surface area contributed by atoms with Crippen LogP contribution in [0.15, 0.2) is 35.5 Å². The molecule has 3 rings (SSSR count). The van der Waals surface area contributed by atoms with E-state index < -0.39 is 11.6 Å². The lowest BCUT2D eigenvalue weighted by atomic mass is 10.1. The molecule has 0 spiro atoms. The van der Waals surface area contributed by atoms with Crippen LogP contribution >= 0.6 is 23.3 Å². The number of ether oxygens (including phenoxy) is 1. The van der Waals surface area contributed by atoms with Crippen LogP contribution in [0.3, 0.4) is 0 Å². The van der Waals surface area contributed by atoms with Crippen LogP contribution in [0.25, 0.3) is 16.9 Å². The van der Waals surface area contributed by atoms with Gasteiger partial charge in [-0.05, 0) is 19.1 Å². The minimum absolute atomic E-state index is 0.0132. The Morgan fingerprint density at radius 1 is 1.29 bits per heavy atom. The van der Waals surface area contributed by atoms with E-state index in [1.54, 1.807) is 13.3 Å². The fraction of sp³-hybridized carbons (Fsp3) is 0.300. The van der Waals surface area contributed by atoms with Gasteiger partial charge in [-0.1, -0.05) is 39.0 Å². The average molecular weight is 424 g/mol. The molecule has 1 atom stereocenters. The van der Waals surface area contributed by atoms with Gasteiger partial charge in [0.05, 0.1) is 23.9 Å². The number of pyridine rings is 1. The first-order chi connectivity index (χ1) is 13.2. The second-order valence-corrected chi connectivity index (χ2v) is 10.2. The molecule has 8 heteroatoms. The number of hydrogen-bond acceptors (Lipinski definition) is 4. The summed E-state index contributed by atoms with van der Waals surface area (Å²) in [7, 11) is 1.41. The molecule has 4 nitrogen and oxygen atoms in total. The Morgan fingerprint density at radius 2 is 2.00 bits per heavy atom. The first kappa shape index (κ1) is 20.7. The number of anilines is 1. The summed E-state index contributed by atoms with van der Waals surface area (Å²) in [5.74, 6) is -0.688. The van der Waals surface area contributed by atoms with E-state index in [4.69, 9.17) is 4.74 Å². The van der Waals surface area contributed by atoms with Crippen LogP contribution in [0.1, 0.15) is 27.7 Å². The molecule has 150 valence electrons. The smallest absolute Gasteiger partial charge is 0.159 e. The Labute approximate surface area is 171 Å². The van der Waals surface area contributed by atoms with E-state index in [0.717, 1.165) is 10.6 Å². The molecule has 2 heterocycles. The molecular formula is C20H23F2N3OS2. The molecule has 0 bridgehead atoms. The summed E-state index contributed by atoms with van der Waals surface area (Å²) in [6.45, 7) is 8.52. The van der Waals surface area contributed by atoms with Crippen LogP contribution in [0.5, 0.6) is 5.75 Å². The number of fused-ring (bicyclic) bond motifs is 1. The van der Waals surface area contributed by atoms with Gasteiger partial charge in [-0.15, -0.1) is 10.5 Å². The van der Waals surface area contributed by atoms with Crippen molar-refractivity contribution in [2.75, 3.05) is 11.8 Å². The molecule has 1 N–H and O–H groups in total. The molecule has 1 aromatic carbocycles. The molecule has 0 saturated carbocycles. The third kappa shape index (κ3) is 3.51. The lowest BCUT2D eigenvalue weighted by Gasteiger charge is -2.26. The summed E-state index contributed by atoms with van der Waals surface area (Å²) >= 11 is 3.81. The van der Waals surface area contributed by atoms with E-state index >= 15 is 0 Å². The maximum Gasteiger partial charge on any atom is 0.159 e. The largest absolute Gasteiger partial charge is 0.495 e. The number of nitrogens with zero attached hydrogens (tertiary/aromatic N) is 2. The Kier molecular flexibility index (Phi) is 5.72. The van der Waals surface area contributed by atoms with Crippen molar-refractivity contribution >= 4 is 40.0 Å². The van der Waals surface area contributed by atoms with Crippen molar-refractivity contribution in [3.05, 3.63) is 42.2 Å². The van der Waals surface area contributed by atoms with Crippen molar-refractivity contribution in [3.63, 3.8) is 0 Å². The lowest BCUT2D eigenvalue weighted by molar-refractivity contribution is 0.404. The number of thiol groups is 1. The Hall–Kier alpha value is -2.06. The molecule has 0 radical (unpaired) electrons. The fourth-order valence-electron chi connectivity index (χ4n) is 3.17. The summed E-state index contributed by atoms with van der Waals surface area (Å²) in [6.07, 6.45) is 3.50. The standard InChI is InChI=1S/C20H23F2N3OS2/c1-6-28(20(2,3)4)16-11-25-14(10-23-17(25)9-15(16)26-5)12-7-8-13(21)19(24-27)18(12)22/h6-11,24,27H,1-5H3.